The first-order chi connectivity index (χ1) is 8.49. The average Bonchev–Trinajstić information content (AvgIpc) is 2.82. The van der Waals surface area contributed by atoms with Crippen LogP contribution in [-0.2, 0) is 4.79 Å². The van der Waals surface area contributed by atoms with Crippen LogP contribution in [0.15, 0.2) is 0 Å². The number of amides is 2. The van der Waals surface area contributed by atoms with E-state index in [0.717, 1.165) is 12.8 Å². The first-order valence-electron chi connectivity index (χ1n) is 6.47. The van der Waals surface area contributed by atoms with Crippen LogP contribution in [0.4, 0.5) is 4.79 Å². The van der Waals surface area contributed by atoms with Gasteiger partial charge in [0.2, 0.25) is 0 Å². The third-order valence-corrected chi connectivity index (χ3v) is 3.56. The molecule has 2 unspecified atom stereocenters. The number of carbonyl (C=O) groups excluding carboxylic acids is 1. The fourth-order valence-corrected chi connectivity index (χ4v) is 2.16. The fourth-order valence-electron chi connectivity index (χ4n) is 2.16. The van der Waals surface area contributed by atoms with E-state index in [0.29, 0.717) is 25.6 Å². The van der Waals surface area contributed by atoms with Crippen molar-refractivity contribution in [2.75, 3.05) is 26.2 Å². The minimum atomic E-state index is -0.974. The molecular weight excluding hydrogens is 234 g/mol. The molecule has 1 heterocycles. The normalized spacial score (nSPS) is 20.8. The number of hydrogen-bond donors (Lipinski definition) is 2. The predicted molar refractivity (Wildman–Crippen MR) is 68.2 cm³/mol. The average molecular weight is 257 g/mol. The topological polar surface area (TPSA) is 86.9 Å². The van der Waals surface area contributed by atoms with Crippen molar-refractivity contribution in [1.82, 2.24) is 9.80 Å². The van der Waals surface area contributed by atoms with E-state index in [1.165, 1.54) is 4.90 Å². The molecule has 2 atom stereocenters. The number of carboxylic acids is 1. The summed E-state index contributed by atoms with van der Waals surface area (Å²) < 4.78 is 0. The van der Waals surface area contributed by atoms with Gasteiger partial charge in [0.15, 0.2) is 0 Å². The summed E-state index contributed by atoms with van der Waals surface area (Å²) >= 11 is 0. The Bertz CT molecular complexity index is 309. The van der Waals surface area contributed by atoms with E-state index in [-0.39, 0.29) is 18.6 Å². The summed E-state index contributed by atoms with van der Waals surface area (Å²) in [4.78, 5) is 26.3. The van der Waals surface area contributed by atoms with Crippen LogP contribution in [0, 0.1) is 5.92 Å². The summed E-state index contributed by atoms with van der Waals surface area (Å²) in [6.07, 6.45) is 1.65. The Hall–Kier alpha value is -1.30. The van der Waals surface area contributed by atoms with Crippen molar-refractivity contribution in [2.45, 2.75) is 32.7 Å². The molecular formula is C12H23N3O3. The molecule has 1 saturated heterocycles. The third-order valence-electron chi connectivity index (χ3n) is 3.56. The Balaban J connectivity index is 2.67. The Morgan fingerprint density at radius 2 is 2.22 bits per heavy atom. The molecule has 0 radical (unpaired) electrons. The molecule has 0 bridgehead atoms. The van der Waals surface area contributed by atoms with Gasteiger partial charge in [0.1, 0.15) is 6.54 Å². The van der Waals surface area contributed by atoms with Crippen LogP contribution in [0.2, 0.25) is 0 Å². The summed E-state index contributed by atoms with van der Waals surface area (Å²) in [5.41, 5.74) is 5.59. The zero-order chi connectivity index (χ0) is 13.7. The molecule has 1 aliphatic heterocycles. The highest BCUT2D eigenvalue weighted by Gasteiger charge is 2.31. The Kier molecular flexibility index (Phi) is 5.40. The summed E-state index contributed by atoms with van der Waals surface area (Å²) in [5, 5.41) is 8.89. The predicted octanol–water partition coefficient (Wildman–Crippen LogP) is 0.572. The van der Waals surface area contributed by atoms with Gasteiger partial charge in [-0.15, -0.1) is 0 Å². The summed E-state index contributed by atoms with van der Waals surface area (Å²) in [6.45, 7) is 5.47. The summed E-state index contributed by atoms with van der Waals surface area (Å²) in [5.74, 6) is -0.629. The number of urea groups is 1. The highest BCUT2D eigenvalue weighted by atomic mass is 16.4. The molecule has 0 aliphatic carbocycles. The molecule has 1 rings (SSSR count). The van der Waals surface area contributed by atoms with Crippen LogP contribution < -0.4 is 5.73 Å². The van der Waals surface area contributed by atoms with Gasteiger partial charge in [0.25, 0.3) is 0 Å². The van der Waals surface area contributed by atoms with Crippen molar-refractivity contribution in [3.63, 3.8) is 0 Å². The number of likely N-dealkylation sites (tertiary alicyclic amines) is 1. The number of nitrogens with zero attached hydrogens (tertiary/aromatic N) is 2. The monoisotopic (exact) mass is 257 g/mol. The van der Waals surface area contributed by atoms with E-state index in [2.05, 4.69) is 0 Å². The lowest BCUT2D eigenvalue weighted by molar-refractivity contribution is -0.138. The smallest absolute Gasteiger partial charge is 0.323 e. The van der Waals surface area contributed by atoms with Crippen molar-refractivity contribution in [3.8, 4) is 0 Å². The number of hydrogen-bond acceptors (Lipinski definition) is 3. The molecule has 6 nitrogen and oxygen atoms in total. The van der Waals surface area contributed by atoms with Gasteiger partial charge in [0.05, 0.1) is 0 Å². The van der Waals surface area contributed by atoms with Crippen molar-refractivity contribution in [1.29, 1.82) is 0 Å². The third kappa shape index (κ3) is 3.60. The first-order valence-corrected chi connectivity index (χ1v) is 6.47. The van der Waals surface area contributed by atoms with Crippen LogP contribution in [-0.4, -0.2) is 59.1 Å². The lowest BCUT2D eigenvalue weighted by atomic mass is 10.1. The summed E-state index contributed by atoms with van der Waals surface area (Å²) in [7, 11) is 0. The van der Waals surface area contributed by atoms with E-state index < -0.39 is 5.97 Å². The minimum Gasteiger partial charge on any atom is -0.480 e. The second kappa shape index (κ2) is 6.58. The molecule has 18 heavy (non-hydrogen) atoms. The second-order valence-electron chi connectivity index (χ2n) is 4.90. The van der Waals surface area contributed by atoms with Crippen molar-refractivity contribution >= 4 is 12.0 Å². The van der Waals surface area contributed by atoms with E-state index in [1.54, 1.807) is 4.90 Å². The van der Waals surface area contributed by atoms with Crippen LogP contribution in [0.25, 0.3) is 0 Å². The second-order valence-corrected chi connectivity index (χ2v) is 4.90. The first kappa shape index (κ1) is 14.8. The Morgan fingerprint density at radius 1 is 1.56 bits per heavy atom. The van der Waals surface area contributed by atoms with E-state index in [4.69, 9.17) is 10.8 Å². The molecule has 3 N–H and O–H groups in total. The Morgan fingerprint density at radius 3 is 2.67 bits per heavy atom. The number of carboxylic acid groups (broad SMARTS) is 1. The molecule has 0 saturated carbocycles. The molecule has 0 aromatic heterocycles. The highest BCUT2D eigenvalue weighted by Crippen LogP contribution is 2.18. The van der Waals surface area contributed by atoms with Gasteiger partial charge < -0.3 is 20.6 Å². The Labute approximate surface area is 108 Å². The number of carbonyl (C=O) groups is 2. The highest BCUT2D eigenvalue weighted by molar-refractivity contribution is 5.80. The molecule has 1 fully saturated rings. The maximum absolute atomic E-state index is 12.3. The van der Waals surface area contributed by atoms with E-state index in [9.17, 15) is 9.59 Å². The van der Waals surface area contributed by atoms with E-state index in [1.807, 2.05) is 13.8 Å². The molecule has 0 aromatic carbocycles. The van der Waals surface area contributed by atoms with Crippen molar-refractivity contribution < 1.29 is 14.7 Å². The molecule has 2 amide bonds. The molecule has 0 spiro atoms. The molecule has 6 heteroatoms. The maximum Gasteiger partial charge on any atom is 0.323 e. The molecule has 104 valence electrons. The van der Waals surface area contributed by atoms with Gasteiger partial charge in [-0.05, 0) is 32.2 Å². The summed E-state index contributed by atoms with van der Waals surface area (Å²) in [6, 6.07) is -0.242. The van der Waals surface area contributed by atoms with Crippen LogP contribution in [0.5, 0.6) is 0 Å². The SMILES string of the molecule is CCC(C)N(CC(=O)O)C(=O)N1CCC(CN)C1. The number of rotatable bonds is 5. The minimum absolute atomic E-state index is 0.0643. The van der Waals surface area contributed by atoms with E-state index >= 15 is 0 Å². The number of nitrogens with two attached hydrogens (primary N) is 1. The quantitative estimate of drug-likeness (QED) is 0.754. The van der Waals surface area contributed by atoms with Crippen molar-refractivity contribution in [3.05, 3.63) is 0 Å². The van der Waals surface area contributed by atoms with Crippen LogP contribution in [0.1, 0.15) is 26.7 Å². The van der Waals surface area contributed by atoms with Gasteiger partial charge in [-0.3, -0.25) is 4.79 Å². The van der Waals surface area contributed by atoms with Crippen molar-refractivity contribution in [2.24, 2.45) is 11.7 Å². The zero-order valence-electron chi connectivity index (χ0n) is 11.1. The van der Waals surface area contributed by atoms with Gasteiger partial charge in [0, 0.05) is 19.1 Å². The standard InChI is InChI=1S/C12H23N3O3/c1-3-9(2)15(8-11(16)17)12(18)14-5-4-10(6-13)7-14/h9-10H,3-8,13H2,1-2H3,(H,16,17). The fraction of sp³-hybridized carbons (Fsp3) is 0.833. The molecule has 0 aromatic rings. The van der Waals surface area contributed by atoms with Gasteiger partial charge in [-0.1, -0.05) is 6.92 Å². The molecule has 1 aliphatic rings. The van der Waals surface area contributed by atoms with Gasteiger partial charge in [-0.2, -0.15) is 0 Å². The number of aliphatic carboxylic acids is 1. The van der Waals surface area contributed by atoms with Gasteiger partial charge >= 0.3 is 12.0 Å². The zero-order valence-corrected chi connectivity index (χ0v) is 11.1. The lowest BCUT2D eigenvalue weighted by Crippen LogP contribution is -2.48. The lowest BCUT2D eigenvalue weighted by Gasteiger charge is -2.31. The van der Waals surface area contributed by atoms with Crippen LogP contribution in [0.3, 0.4) is 0 Å². The maximum atomic E-state index is 12.3. The largest absolute Gasteiger partial charge is 0.480 e. The van der Waals surface area contributed by atoms with Gasteiger partial charge in [-0.25, -0.2) is 4.79 Å². The van der Waals surface area contributed by atoms with Crippen LogP contribution >= 0.6 is 0 Å².